The lowest BCUT2D eigenvalue weighted by atomic mass is 10.0. The van der Waals surface area contributed by atoms with E-state index in [1.54, 1.807) is 48.3 Å². The molecular weight excluding hydrogens is 442 g/mol. The molecule has 0 aliphatic rings. The molecule has 0 saturated carbocycles. The quantitative estimate of drug-likeness (QED) is 0.368. The number of nitrogens with one attached hydrogen (secondary N) is 2. The topological polar surface area (TPSA) is 61.4 Å². The average Bonchev–Trinajstić information content (AvgIpc) is 2.89. The van der Waals surface area contributed by atoms with Crippen molar-refractivity contribution >= 4 is 40.5 Å². The summed E-state index contributed by atoms with van der Waals surface area (Å²) < 4.78 is 0. The van der Waals surface area contributed by atoms with E-state index in [0.717, 1.165) is 16.8 Å². The van der Waals surface area contributed by atoms with Crippen LogP contribution in [0.15, 0.2) is 109 Å². The third kappa shape index (κ3) is 5.54. The van der Waals surface area contributed by atoms with E-state index in [1.165, 1.54) is 0 Å². The Balaban J connectivity index is 1.34. The van der Waals surface area contributed by atoms with Crippen LogP contribution in [0.1, 0.15) is 20.7 Å². The van der Waals surface area contributed by atoms with Gasteiger partial charge in [0.1, 0.15) is 0 Å². The number of carbonyl (C=O) groups is 2. The highest BCUT2D eigenvalue weighted by molar-refractivity contribution is 7.80. The monoisotopic (exact) mass is 465 g/mol. The summed E-state index contributed by atoms with van der Waals surface area (Å²) in [6, 6.07) is 33.7. The number of benzene rings is 4. The Morgan fingerprint density at radius 2 is 1.21 bits per heavy atom. The number of hydrogen-bond acceptors (Lipinski definition) is 3. The normalized spacial score (nSPS) is 10.3. The van der Waals surface area contributed by atoms with Gasteiger partial charge in [0.2, 0.25) is 0 Å². The van der Waals surface area contributed by atoms with Crippen molar-refractivity contribution < 1.29 is 9.59 Å². The van der Waals surface area contributed by atoms with Crippen LogP contribution in [0, 0.1) is 0 Å². The first-order chi connectivity index (χ1) is 16.5. The molecule has 0 aromatic heterocycles. The molecule has 34 heavy (non-hydrogen) atoms. The minimum absolute atomic E-state index is 0.118. The molecule has 0 atom stereocenters. The first kappa shape index (κ1) is 22.9. The molecule has 4 aromatic rings. The van der Waals surface area contributed by atoms with Crippen LogP contribution in [-0.4, -0.2) is 24.0 Å². The van der Waals surface area contributed by atoms with E-state index >= 15 is 0 Å². The van der Waals surface area contributed by atoms with Crippen LogP contribution in [0.25, 0.3) is 11.1 Å². The number of amides is 2. The van der Waals surface area contributed by atoms with Crippen LogP contribution in [0.4, 0.5) is 11.4 Å². The minimum Gasteiger partial charge on any atom is -0.332 e. The Bertz CT molecular complexity index is 1290. The van der Waals surface area contributed by atoms with Gasteiger partial charge in [-0.15, -0.1) is 0 Å². The van der Waals surface area contributed by atoms with Crippen LogP contribution in [-0.2, 0) is 0 Å². The number of para-hydroxylation sites is 1. The Morgan fingerprint density at radius 1 is 0.676 bits per heavy atom. The van der Waals surface area contributed by atoms with E-state index in [2.05, 4.69) is 10.6 Å². The number of carbonyl (C=O) groups excluding carboxylic acids is 2. The Kier molecular flexibility index (Phi) is 7.10. The average molecular weight is 466 g/mol. The minimum atomic E-state index is -0.298. The molecule has 5 nitrogen and oxygen atoms in total. The van der Waals surface area contributed by atoms with E-state index in [-0.39, 0.29) is 16.9 Å². The number of anilines is 2. The van der Waals surface area contributed by atoms with Crippen molar-refractivity contribution in [1.82, 2.24) is 5.32 Å². The molecule has 0 bridgehead atoms. The molecule has 0 fully saturated rings. The maximum atomic E-state index is 12.7. The molecule has 0 heterocycles. The van der Waals surface area contributed by atoms with Crippen molar-refractivity contribution in [2.24, 2.45) is 0 Å². The van der Waals surface area contributed by atoms with E-state index in [1.807, 2.05) is 72.8 Å². The second kappa shape index (κ2) is 10.6. The van der Waals surface area contributed by atoms with Crippen LogP contribution in [0.5, 0.6) is 0 Å². The van der Waals surface area contributed by atoms with Crippen molar-refractivity contribution in [1.29, 1.82) is 0 Å². The van der Waals surface area contributed by atoms with Crippen molar-refractivity contribution in [3.8, 4) is 11.1 Å². The molecule has 0 spiro atoms. The smallest absolute Gasteiger partial charge is 0.258 e. The van der Waals surface area contributed by atoms with Gasteiger partial charge in [-0.05, 0) is 71.9 Å². The number of nitrogens with zero attached hydrogens (tertiary/aromatic N) is 1. The number of rotatable bonds is 5. The number of hydrogen-bond donors (Lipinski definition) is 2. The third-order valence-electron chi connectivity index (χ3n) is 5.32. The van der Waals surface area contributed by atoms with E-state index in [9.17, 15) is 9.59 Å². The lowest BCUT2D eigenvalue weighted by molar-refractivity contribution is 0.0974. The highest BCUT2D eigenvalue weighted by Gasteiger charge is 2.13. The second-order valence-corrected chi connectivity index (χ2v) is 8.04. The zero-order valence-corrected chi connectivity index (χ0v) is 19.4. The molecule has 2 amide bonds. The highest BCUT2D eigenvalue weighted by Crippen LogP contribution is 2.19. The SMILES string of the molecule is CN(C(=O)c1ccc(NC(=S)NC(=O)c2ccc(-c3ccccc3)cc2)cc1)c1ccccc1. The molecule has 4 aromatic carbocycles. The van der Waals surface area contributed by atoms with Gasteiger partial charge in [-0.1, -0.05) is 60.7 Å². The van der Waals surface area contributed by atoms with Gasteiger partial charge in [0, 0.05) is 29.5 Å². The summed E-state index contributed by atoms with van der Waals surface area (Å²) in [5, 5.41) is 5.85. The largest absolute Gasteiger partial charge is 0.332 e. The fraction of sp³-hybridized carbons (Fsp3) is 0.0357. The lowest BCUT2D eigenvalue weighted by Gasteiger charge is -2.17. The lowest BCUT2D eigenvalue weighted by Crippen LogP contribution is -2.34. The Labute approximate surface area is 204 Å². The van der Waals surface area contributed by atoms with Crippen LogP contribution in [0.2, 0.25) is 0 Å². The van der Waals surface area contributed by atoms with E-state index in [0.29, 0.717) is 16.8 Å². The van der Waals surface area contributed by atoms with Gasteiger partial charge < -0.3 is 10.2 Å². The molecule has 0 saturated heterocycles. The second-order valence-electron chi connectivity index (χ2n) is 7.63. The highest BCUT2D eigenvalue weighted by atomic mass is 32.1. The van der Waals surface area contributed by atoms with Gasteiger partial charge in [0.15, 0.2) is 5.11 Å². The van der Waals surface area contributed by atoms with Gasteiger partial charge in [-0.3, -0.25) is 14.9 Å². The van der Waals surface area contributed by atoms with Gasteiger partial charge in [-0.25, -0.2) is 0 Å². The van der Waals surface area contributed by atoms with Crippen molar-refractivity contribution in [3.63, 3.8) is 0 Å². The Hall–Kier alpha value is -4.29. The van der Waals surface area contributed by atoms with Gasteiger partial charge >= 0.3 is 0 Å². The summed E-state index contributed by atoms with van der Waals surface area (Å²) in [7, 11) is 1.74. The fourth-order valence-corrected chi connectivity index (χ4v) is 3.65. The van der Waals surface area contributed by atoms with Gasteiger partial charge in [0.05, 0.1) is 0 Å². The van der Waals surface area contributed by atoms with E-state index in [4.69, 9.17) is 12.2 Å². The van der Waals surface area contributed by atoms with Crippen molar-refractivity contribution in [2.75, 3.05) is 17.3 Å². The zero-order chi connectivity index (χ0) is 23.9. The summed E-state index contributed by atoms with van der Waals surface area (Å²) in [5.74, 6) is -0.416. The molecule has 0 aliphatic carbocycles. The maximum absolute atomic E-state index is 12.7. The molecule has 6 heteroatoms. The summed E-state index contributed by atoms with van der Waals surface area (Å²) in [6.07, 6.45) is 0. The molecule has 0 radical (unpaired) electrons. The molecule has 2 N–H and O–H groups in total. The first-order valence-corrected chi connectivity index (χ1v) is 11.1. The van der Waals surface area contributed by atoms with Crippen molar-refractivity contribution in [3.05, 3.63) is 120 Å². The standard InChI is InChI=1S/C28H23N3O2S/c1-31(25-10-6-3-7-11-25)27(33)23-16-18-24(19-17-23)29-28(34)30-26(32)22-14-12-21(13-15-22)20-8-4-2-5-9-20/h2-19H,1H3,(H2,29,30,32,34). The molecule has 4 rings (SSSR count). The molecular formula is C28H23N3O2S. The predicted octanol–water partition coefficient (Wildman–Crippen LogP) is 5.76. The van der Waals surface area contributed by atoms with E-state index < -0.39 is 0 Å². The molecule has 0 unspecified atom stereocenters. The Morgan fingerprint density at radius 3 is 1.82 bits per heavy atom. The van der Waals surface area contributed by atoms with Gasteiger partial charge in [0.25, 0.3) is 11.8 Å². The summed E-state index contributed by atoms with van der Waals surface area (Å²) in [6.45, 7) is 0. The fourth-order valence-electron chi connectivity index (χ4n) is 3.44. The van der Waals surface area contributed by atoms with Crippen molar-refractivity contribution in [2.45, 2.75) is 0 Å². The van der Waals surface area contributed by atoms with Gasteiger partial charge in [-0.2, -0.15) is 0 Å². The number of thiocarbonyl (C=S) groups is 1. The zero-order valence-electron chi connectivity index (χ0n) is 18.6. The van der Waals surface area contributed by atoms with Crippen LogP contribution >= 0.6 is 12.2 Å². The third-order valence-corrected chi connectivity index (χ3v) is 5.52. The van der Waals surface area contributed by atoms with Crippen LogP contribution in [0.3, 0.4) is 0 Å². The van der Waals surface area contributed by atoms with Crippen LogP contribution < -0.4 is 15.5 Å². The summed E-state index contributed by atoms with van der Waals surface area (Å²) >= 11 is 5.29. The molecule has 168 valence electrons. The maximum Gasteiger partial charge on any atom is 0.258 e. The molecule has 0 aliphatic heterocycles. The summed E-state index contributed by atoms with van der Waals surface area (Å²) in [4.78, 5) is 26.9. The summed E-state index contributed by atoms with van der Waals surface area (Å²) in [5.41, 5.74) is 4.66. The first-order valence-electron chi connectivity index (χ1n) is 10.7. The predicted molar refractivity (Wildman–Crippen MR) is 141 cm³/mol.